The van der Waals surface area contributed by atoms with Gasteiger partial charge in [0.05, 0.1) is 11.9 Å². The van der Waals surface area contributed by atoms with Gasteiger partial charge in [-0.05, 0) is 66.6 Å². The van der Waals surface area contributed by atoms with Gasteiger partial charge in [-0.1, -0.05) is 80.0 Å². The number of hydrogen-bond donors (Lipinski definition) is 1. The summed E-state index contributed by atoms with van der Waals surface area (Å²) in [4.78, 5) is 29.1. The highest BCUT2D eigenvalue weighted by molar-refractivity contribution is 7.92. The summed E-state index contributed by atoms with van der Waals surface area (Å²) in [7, 11) is -3.58. The predicted octanol–water partition coefficient (Wildman–Crippen LogP) is 5.92. The van der Waals surface area contributed by atoms with E-state index >= 15 is 0 Å². The number of anilines is 1. The minimum absolute atomic E-state index is 0.0595. The van der Waals surface area contributed by atoms with Crippen LogP contribution in [0.3, 0.4) is 0 Å². The lowest BCUT2D eigenvalue weighted by Gasteiger charge is -2.32. The van der Waals surface area contributed by atoms with Crippen molar-refractivity contribution in [1.82, 2.24) is 10.2 Å². The topological polar surface area (TPSA) is 86.8 Å². The maximum Gasteiger partial charge on any atom is 0.243 e. The van der Waals surface area contributed by atoms with E-state index in [-0.39, 0.29) is 43.7 Å². The molecule has 3 rings (SSSR count). The smallest absolute Gasteiger partial charge is 0.243 e. The van der Waals surface area contributed by atoms with Gasteiger partial charge in [0.2, 0.25) is 21.8 Å². The Morgan fingerprint density at radius 2 is 1.55 bits per heavy atom. The lowest BCUT2D eigenvalue weighted by atomic mass is 10.0. The Balaban J connectivity index is 1.90. The van der Waals surface area contributed by atoms with E-state index in [2.05, 4.69) is 5.32 Å². The summed E-state index contributed by atoms with van der Waals surface area (Å²) in [5.41, 5.74) is 4.14. The van der Waals surface area contributed by atoms with E-state index < -0.39 is 16.1 Å². The van der Waals surface area contributed by atoms with Crippen LogP contribution >= 0.6 is 11.6 Å². The van der Waals surface area contributed by atoms with Gasteiger partial charge in [-0.3, -0.25) is 13.9 Å². The summed E-state index contributed by atoms with van der Waals surface area (Å²) in [6, 6.07) is 21.7. The van der Waals surface area contributed by atoms with E-state index in [1.54, 1.807) is 11.0 Å². The maximum absolute atomic E-state index is 13.9. The maximum atomic E-state index is 13.9. The molecule has 0 aliphatic carbocycles. The Morgan fingerprint density at radius 3 is 2.14 bits per heavy atom. The molecule has 0 heterocycles. The van der Waals surface area contributed by atoms with Gasteiger partial charge in [0, 0.05) is 37.5 Å². The monoisotopic (exact) mass is 611 g/mol. The summed E-state index contributed by atoms with van der Waals surface area (Å²) in [6.07, 6.45) is 1.84. The van der Waals surface area contributed by atoms with Gasteiger partial charge in [0.15, 0.2) is 0 Å². The van der Waals surface area contributed by atoms with Gasteiger partial charge >= 0.3 is 0 Å². The number of sulfonamides is 1. The van der Waals surface area contributed by atoms with Crippen LogP contribution in [-0.4, -0.2) is 50.5 Å². The van der Waals surface area contributed by atoms with Crippen LogP contribution in [0.4, 0.5) is 5.69 Å². The third-order valence-electron chi connectivity index (χ3n) is 6.90. The normalized spacial score (nSPS) is 12.2. The van der Waals surface area contributed by atoms with Crippen molar-refractivity contribution in [2.24, 2.45) is 5.92 Å². The number of nitrogens with one attached hydrogen (secondary N) is 1. The minimum atomic E-state index is -3.58. The number of halogens is 1. The zero-order chi connectivity index (χ0) is 30.9. The van der Waals surface area contributed by atoms with E-state index in [0.29, 0.717) is 23.7 Å². The average molecular weight is 612 g/mol. The Kier molecular flexibility index (Phi) is 12.0. The first-order chi connectivity index (χ1) is 19.8. The largest absolute Gasteiger partial charge is 0.354 e. The minimum Gasteiger partial charge on any atom is -0.354 e. The van der Waals surface area contributed by atoms with Crippen LogP contribution in [0.1, 0.15) is 48.9 Å². The van der Waals surface area contributed by atoms with E-state index in [1.807, 2.05) is 94.4 Å². The predicted molar refractivity (Wildman–Crippen MR) is 171 cm³/mol. The van der Waals surface area contributed by atoms with Crippen molar-refractivity contribution in [3.05, 3.63) is 100 Å². The molecule has 226 valence electrons. The summed E-state index contributed by atoms with van der Waals surface area (Å²) in [5, 5.41) is 3.52. The molecule has 0 bridgehead atoms. The Labute approximate surface area is 255 Å². The number of hydrogen-bond acceptors (Lipinski definition) is 4. The molecule has 3 aromatic carbocycles. The van der Waals surface area contributed by atoms with Gasteiger partial charge in [0.1, 0.15) is 6.04 Å². The van der Waals surface area contributed by atoms with Gasteiger partial charge in [-0.2, -0.15) is 0 Å². The first-order valence-corrected chi connectivity index (χ1v) is 16.5. The van der Waals surface area contributed by atoms with Crippen molar-refractivity contribution in [1.29, 1.82) is 0 Å². The molecular formula is C33H42ClN3O4S. The number of carbonyl (C=O) groups is 2. The summed E-state index contributed by atoms with van der Waals surface area (Å²) >= 11 is 6.50. The van der Waals surface area contributed by atoms with E-state index in [1.165, 1.54) is 10.6 Å². The fraction of sp³-hybridized carbons (Fsp3) is 0.394. The zero-order valence-corrected chi connectivity index (χ0v) is 26.7. The first kappa shape index (κ1) is 33.1. The molecule has 0 radical (unpaired) electrons. The van der Waals surface area contributed by atoms with Crippen LogP contribution in [0, 0.1) is 19.8 Å². The van der Waals surface area contributed by atoms with Crippen molar-refractivity contribution in [3.63, 3.8) is 0 Å². The number of amides is 2. The number of nitrogens with zero attached hydrogens (tertiary/aromatic N) is 2. The summed E-state index contributed by atoms with van der Waals surface area (Å²) < 4.78 is 26.8. The van der Waals surface area contributed by atoms with Crippen molar-refractivity contribution >= 4 is 39.1 Å². The number of aryl methyl sites for hydroxylation is 2. The lowest BCUT2D eigenvalue weighted by molar-refractivity contribution is -0.141. The molecule has 0 aliphatic heterocycles. The number of rotatable bonds is 14. The van der Waals surface area contributed by atoms with Crippen LogP contribution < -0.4 is 9.62 Å². The summed E-state index contributed by atoms with van der Waals surface area (Å²) in [6.45, 7) is 8.64. The highest BCUT2D eigenvalue weighted by Crippen LogP contribution is 2.24. The van der Waals surface area contributed by atoms with Crippen LogP contribution in [0.25, 0.3) is 0 Å². The zero-order valence-electron chi connectivity index (χ0n) is 25.1. The van der Waals surface area contributed by atoms with Crippen LogP contribution in [0.5, 0.6) is 0 Å². The summed E-state index contributed by atoms with van der Waals surface area (Å²) in [5.74, 6) is -0.239. The third kappa shape index (κ3) is 9.88. The van der Waals surface area contributed by atoms with E-state index in [9.17, 15) is 18.0 Å². The molecule has 0 unspecified atom stereocenters. The molecule has 42 heavy (non-hydrogen) atoms. The highest BCUT2D eigenvalue weighted by Gasteiger charge is 2.31. The molecule has 7 nitrogen and oxygen atoms in total. The first-order valence-electron chi connectivity index (χ1n) is 14.3. The Hall–Kier alpha value is -3.36. The number of benzene rings is 3. The molecular weight excluding hydrogens is 570 g/mol. The standard InChI is InChI=1S/C33H42ClN3O4S/c1-24(2)22-35-33(39)31(21-27-12-7-6-8-13-27)36(23-28-14-9-10-15-30(28)34)32(38)16-11-17-37(42(5,40)41)29-19-25(3)18-26(4)20-29/h6-10,12-15,18-20,24,31H,11,16-17,21-23H2,1-5H3,(H,35,39)/t31-/m1/s1. The Bertz CT molecular complexity index is 1440. The van der Waals surface area contributed by atoms with Crippen LogP contribution in [-0.2, 0) is 32.6 Å². The molecule has 0 spiro atoms. The van der Waals surface area contributed by atoms with Crippen molar-refractivity contribution < 1.29 is 18.0 Å². The SMILES string of the molecule is Cc1cc(C)cc(N(CCCC(=O)N(Cc2ccccc2Cl)[C@H](Cc2ccccc2)C(=O)NCC(C)C)S(C)(=O)=O)c1. The van der Waals surface area contributed by atoms with Crippen LogP contribution in [0.15, 0.2) is 72.8 Å². The second kappa shape index (κ2) is 15.2. The van der Waals surface area contributed by atoms with Crippen LogP contribution in [0.2, 0.25) is 5.02 Å². The van der Waals surface area contributed by atoms with Crippen molar-refractivity contribution in [2.45, 2.75) is 59.5 Å². The lowest BCUT2D eigenvalue weighted by Crippen LogP contribution is -2.51. The van der Waals surface area contributed by atoms with Gasteiger partial charge < -0.3 is 10.2 Å². The molecule has 0 fully saturated rings. The van der Waals surface area contributed by atoms with E-state index in [0.717, 1.165) is 22.3 Å². The quantitative estimate of drug-likeness (QED) is 0.245. The van der Waals surface area contributed by atoms with Gasteiger partial charge in [-0.25, -0.2) is 8.42 Å². The molecule has 0 aromatic heterocycles. The Morgan fingerprint density at radius 1 is 0.929 bits per heavy atom. The second-order valence-electron chi connectivity index (χ2n) is 11.2. The van der Waals surface area contributed by atoms with Crippen molar-refractivity contribution in [3.8, 4) is 0 Å². The number of carbonyl (C=O) groups excluding carboxylic acids is 2. The van der Waals surface area contributed by atoms with Gasteiger partial charge in [-0.15, -0.1) is 0 Å². The third-order valence-corrected chi connectivity index (χ3v) is 8.46. The molecule has 0 saturated carbocycles. The fourth-order valence-corrected chi connectivity index (χ4v) is 6.03. The highest BCUT2D eigenvalue weighted by atomic mass is 35.5. The molecule has 1 atom stereocenters. The molecule has 2 amide bonds. The molecule has 9 heteroatoms. The molecule has 3 aromatic rings. The van der Waals surface area contributed by atoms with Crippen molar-refractivity contribution in [2.75, 3.05) is 23.7 Å². The van der Waals surface area contributed by atoms with E-state index in [4.69, 9.17) is 11.6 Å². The van der Waals surface area contributed by atoms with Gasteiger partial charge in [0.25, 0.3) is 0 Å². The average Bonchev–Trinajstić information content (AvgIpc) is 2.91. The fourth-order valence-electron chi connectivity index (χ4n) is 4.89. The second-order valence-corrected chi connectivity index (χ2v) is 13.6. The molecule has 1 N–H and O–H groups in total. The molecule has 0 aliphatic rings. The molecule has 0 saturated heterocycles.